The molecule has 0 N–H and O–H groups in total. The standard InChI is InChI=1S/C6H10N4O3S/c11-10(12)6-7-5-9(8-6)1-2-13-3-4-14/h5,14H,1-4H2. The van der Waals surface area contributed by atoms with E-state index in [4.69, 9.17) is 4.74 Å². The molecule has 0 amide bonds. The third kappa shape index (κ3) is 3.30. The largest absolute Gasteiger partial charge is 0.490 e. The van der Waals surface area contributed by atoms with Gasteiger partial charge in [0.05, 0.1) is 19.8 Å². The normalized spacial score (nSPS) is 10.4. The SMILES string of the molecule is O=[N+]([O-])c1ncn(CCOCCS)n1. The molecule has 8 heteroatoms. The summed E-state index contributed by atoms with van der Waals surface area (Å²) in [5.41, 5.74) is 0. The molecule has 0 atom stereocenters. The van der Waals surface area contributed by atoms with Gasteiger partial charge in [-0.15, -0.1) is 0 Å². The van der Waals surface area contributed by atoms with Crippen molar-refractivity contribution in [1.82, 2.24) is 14.8 Å². The fourth-order valence-electron chi connectivity index (χ4n) is 0.801. The molecule has 0 saturated heterocycles. The number of hydrogen-bond acceptors (Lipinski definition) is 6. The zero-order valence-corrected chi connectivity index (χ0v) is 8.26. The van der Waals surface area contributed by atoms with E-state index in [1.807, 2.05) is 0 Å². The molecule has 1 aromatic heterocycles. The Bertz CT molecular complexity index is 303. The number of hydrogen-bond donors (Lipinski definition) is 1. The molecule has 0 aliphatic carbocycles. The lowest BCUT2D eigenvalue weighted by Crippen LogP contribution is -2.08. The number of nitro groups is 1. The Kier molecular flexibility index (Phi) is 4.33. The van der Waals surface area contributed by atoms with Crippen LogP contribution in [0, 0.1) is 10.1 Å². The number of ether oxygens (including phenoxy) is 1. The Morgan fingerprint density at radius 3 is 3.00 bits per heavy atom. The first-order valence-electron chi connectivity index (χ1n) is 3.96. The summed E-state index contributed by atoms with van der Waals surface area (Å²) in [6.45, 7) is 1.45. The van der Waals surface area contributed by atoms with Gasteiger partial charge in [-0.3, -0.25) is 0 Å². The number of rotatable bonds is 6. The van der Waals surface area contributed by atoms with E-state index in [1.165, 1.54) is 11.0 Å². The molecule has 0 bridgehead atoms. The molecule has 14 heavy (non-hydrogen) atoms. The third-order valence-corrected chi connectivity index (χ3v) is 1.57. The number of nitrogens with zero attached hydrogens (tertiary/aromatic N) is 4. The highest BCUT2D eigenvalue weighted by atomic mass is 32.1. The fraction of sp³-hybridized carbons (Fsp3) is 0.667. The minimum Gasteiger partial charge on any atom is -0.390 e. The highest BCUT2D eigenvalue weighted by molar-refractivity contribution is 7.80. The van der Waals surface area contributed by atoms with Gasteiger partial charge in [0.25, 0.3) is 0 Å². The monoisotopic (exact) mass is 218 g/mol. The van der Waals surface area contributed by atoms with Gasteiger partial charge in [0.1, 0.15) is 0 Å². The van der Waals surface area contributed by atoms with Crippen LogP contribution in [0.3, 0.4) is 0 Å². The van der Waals surface area contributed by atoms with Gasteiger partial charge in [-0.2, -0.15) is 17.3 Å². The van der Waals surface area contributed by atoms with Crippen LogP contribution in [0.2, 0.25) is 0 Å². The molecule has 0 saturated carbocycles. The molecule has 0 radical (unpaired) electrons. The molecular weight excluding hydrogens is 208 g/mol. The van der Waals surface area contributed by atoms with E-state index in [2.05, 4.69) is 22.7 Å². The van der Waals surface area contributed by atoms with Crippen LogP contribution >= 0.6 is 12.6 Å². The van der Waals surface area contributed by atoms with Crippen molar-refractivity contribution in [3.05, 3.63) is 16.4 Å². The van der Waals surface area contributed by atoms with E-state index in [-0.39, 0.29) is 5.95 Å². The smallest absolute Gasteiger partial charge is 0.390 e. The van der Waals surface area contributed by atoms with Crippen molar-refractivity contribution in [3.63, 3.8) is 0 Å². The molecule has 1 rings (SSSR count). The fourth-order valence-corrected chi connectivity index (χ4v) is 0.930. The Labute approximate surface area is 85.6 Å². The van der Waals surface area contributed by atoms with E-state index in [9.17, 15) is 10.1 Å². The second-order valence-electron chi connectivity index (χ2n) is 2.40. The summed E-state index contributed by atoms with van der Waals surface area (Å²) in [5, 5.41) is 13.8. The molecule has 0 aliphatic heterocycles. The van der Waals surface area contributed by atoms with Crippen LogP contribution < -0.4 is 0 Å². The van der Waals surface area contributed by atoms with Crippen molar-refractivity contribution in [1.29, 1.82) is 0 Å². The number of thiol groups is 1. The minimum atomic E-state index is -0.634. The molecule has 78 valence electrons. The Balaban J connectivity index is 2.33. The van der Waals surface area contributed by atoms with Gasteiger partial charge in [0.2, 0.25) is 6.33 Å². The minimum absolute atomic E-state index is 0.390. The topological polar surface area (TPSA) is 83.1 Å². The van der Waals surface area contributed by atoms with Crippen LogP contribution in [0.5, 0.6) is 0 Å². The second kappa shape index (κ2) is 5.55. The molecular formula is C6H10N4O3S. The number of aromatic nitrogens is 3. The van der Waals surface area contributed by atoms with Crippen LogP contribution in [-0.2, 0) is 11.3 Å². The van der Waals surface area contributed by atoms with Gasteiger partial charge in [0.15, 0.2) is 0 Å². The molecule has 0 spiro atoms. The van der Waals surface area contributed by atoms with E-state index in [0.717, 1.165) is 0 Å². The second-order valence-corrected chi connectivity index (χ2v) is 2.85. The molecule has 0 unspecified atom stereocenters. The van der Waals surface area contributed by atoms with Crippen molar-refractivity contribution in [2.24, 2.45) is 0 Å². The summed E-state index contributed by atoms with van der Waals surface area (Å²) in [7, 11) is 0. The van der Waals surface area contributed by atoms with Crippen LogP contribution in [0.4, 0.5) is 5.95 Å². The zero-order valence-electron chi connectivity index (χ0n) is 7.37. The van der Waals surface area contributed by atoms with Gasteiger partial charge in [-0.1, -0.05) is 4.98 Å². The van der Waals surface area contributed by atoms with Crippen molar-refractivity contribution in [2.75, 3.05) is 19.0 Å². The lowest BCUT2D eigenvalue weighted by molar-refractivity contribution is -0.394. The quantitative estimate of drug-likeness (QED) is 0.317. The lowest BCUT2D eigenvalue weighted by Gasteiger charge is -1.98. The average Bonchev–Trinajstić information content (AvgIpc) is 2.61. The Morgan fingerprint density at radius 1 is 1.64 bits per heavy atom. The van der Waals surface area contributed by atoms with E-state index in [1.54, 1.807) is 0 Å². The predicted octanol–water partition coefficient (Wildman–Crippen LogP) is 0.133. The summed E-state index contributed by atoms with van der Waals surface area (Å²) >= 11 is 3.96. The van der Waals surface area contributed by atoms with Gasteiger partial charge < -0.3 is 14.9 Å². The molecule has 0 aliphatic rings. The maximum absolute atomic E-state index is 10.2. The molecule has 7 nitrogen and oxygen atoms in total. The zero-order chi connectivity index (χ0) is 10.4. The van der Waals surface area contributed by atoms with Crippen LogP contribution in [0.25, 0.3) is 0 Å². The highest BCUT2D eigenvalue weighted by Gasteiger charge is 2.12. The van der Waals surface area contributed by atoms with Crippen LogP contribution in [0.1, 0.15) is 0 Å². The van der Waals surface area contributed by atoms with Crippen molar-refractivity contribution < 1.29 is 9.66 Å². The molecule has 1 heterocycles. The Morgan fingerprint density at radius 2 is 2.43 bits per heavy atom. The van der Waals surface area contributed by atoms with E-state index >= 15 is 0 Å². The maximum Gasteiger partial charge on any atom is 0.490 e. The third-order valence-electron chi connectivity index (χ3n) is 1.39. The summed E-state index contributed by atoms with van der Waals surface area (Å²) in [6.07, 6.45) is 1.31. The lowest BCUT2D eigenvalue weighted by atomic mass is 10.7. The van der Waals surface area contributed by atoms with Crippen molar-refractivity contribution >= 4 is 18.6 Å². The first kappa shape index (κ1) is 10.9. The van der Waals surface area contributed by atoms with Gasteiger partial charge in [-0.05, 0) is 4.92 Å². The summed E-state index contributed by atoms with van der Waals surface area (Å²) in [4.78, 5) is 13.1. The average molecular weight is 218 g/mol. The van der Waals surface area contributed by atoms with Crippen LogP contribution in [-0.4, -0.2) is 38.7 Å². The Hall–Kier alpha value is -1.15. The summed E-state index contributed by atoms with van der Waals surface area (Å²) < 4.78 is 6.49. The van der Waals surface area contributed by atoms with Gasteiger partial charge in [-0.25, -0.2) is 0 Å². The summed E-state index contributed by atoms with van der Waals surface area (Å²) in [6, 6.07) is 0. The predicted molar refractivity (Wildman–Crippen MR) is 51.3 cm³/mol. The van der Waals surface area contributed by atoms with Crippen molar-refractivity contribution in [2.45, 2.75) is 6.54 Å². The van der Waals surface area contributed by atoms with E-state index in [0.29, 0.717) is 25.5 Å². The first-order valence-corrected chi connectivity index (χ1v) is 4.59. The molecule has 0 aromatic carbocycles. The maximum atomic E-state index is 10.2. The molecule has 0 fully saturated rings. The van der Waals surface area contributed by atoms with Gasteiger partial charge >= 0.3 is 5.95 Å². The van der Waals surface area contributed by atoms with Crippen LogP contribution in [0.15, 0.2) is 6.33 Å². The van der Waals surface area contributed by atoms with Crippen molar-refractivity contribution in [3.8, 4) is 0 Å². The van der Waals surface area contributed by atoms with Gasteiger partial charge in [0, 0.05) is 10.9 Å². The first-order chi connectivity index (χ1) is 6.74. The highest BCUT2D eigenvalue weighted by Crippen LogP contribution is 1.99. The molecule has 1 aromatic rings. The van der Waals surface area contributed by atoms with E-state index < -0.39 is 4.92 Å². The summed E-state index contributed by atoms with van der Waals surface area (Å²) in [5.74, 6) is 0.261.